The molecule has 0 radical (unpaired) electrons. The van der Waals surface area contributed by atoms with Gasteiger partial charge in [-0.25, -0.2) is 4.39 Å². The van der Waals surface area contributed by atoms with E-state index in [9.17, 15) is 14.0 Å². The molecule has 2 aromatic rings. The largest absolute Gasteiger partial charge is 0.323 e. The zero-order chi connectivity index (χ0) is 16.4. The number of nitrogens with one attached hydrogen (secondary N) is 1. The van der Waals surface area contributed by atoms with Crippen molar-refractivity contribution in [1.29, 1.82) is 0 Å². The van der Waals surface area contributed by atoms with Gasteiger partial charge in [-0.15, -0.1) is 0 Å². The van der Waals surface area contributed by atoms with Crippen LogP contribution in [0.4, 0.5) is 15.8 Å². The van der Waals surface area contributed by atoms with Gasteiger partial charge in [0.05, 0.1) is 11.6 Å². The Morgan fingerprint density at radius 3 is 2.70 bits per heavy atom. The van der Waals surface area contributed by atoms with E-state index in [4.69, 9.17) is 0 Å². The minimum absolute atomic E-state index is 0.0962. The number of anilines is 2. The highest BCUT2D eigenvalue weighted by Gasteiger charge is 2.35. The SMILES string of the molecule is Cc1ccc(F)c(NC(=O)C2CC(=O)N(c3ccccc3)C2)c1. The number of nitrogens with zero attached hydrogens (tertiary/aromatic N) is 1. The molecule has 1 aliphatic rings. The minimum Gasteiger partial charge on any atom is -0.323 e. The summed E-state index contributed by atoms with van der Waals surface area (Å²) in [5.74, 6) is -1.39. The maximum Gasteiger partial charge on any atom is 0.229 e. The molecule has 0 saturated carbocycles. The molecule has 1 fully saturated rings. The Balaban J connectivity index is 1.72. The van der Waals surface area contributed by atoms with Crippen LogP contribution < -0.4 is 10.2 Å². The van der Waals surface area contributed by atoms with Gasteiger partial charge in [0.2, 0.25) is 11.8 Å². The van der Waals surface area contributed by atoms with Crippen LogP contribution in [0.15, 0.2) is 48.5 Å². The van der Waals surface area contributed by atoms with E-state index in [0.717, 1.165) is 11.3 Å². The van der Waals surface area contributed by atoms with Crippen molar-refractivity contribution < 1.29 is 14.0 Å². The van der Waals surface area contributed by atoms with Crippen molar-refractivity contribution in [2.24, 2.45) is 5.92 Å². The zero-order valence-corrected chi connectivity index (χ0v) is 12.8. The second-order valence-electron chi connectivity index (χ2n) is 5.71. The Bertz CT molecular complexity index is 746. The average Bonchev–Trinajstić information content (AvgIpc) is 2.94. The topological polar surface area (TPSA) is 49.4 Å². The fraction of sp³-hybridized carbons (Fsp3) is 0.222. The van der Waals surface area contributed by atoms with Gasteiger partial charge in [0.25, 0.3) is 0 Å². The molecule has 0 aromatic heterocycles. The maximum absolute atomic E-state index is 13.7. The summed E-state index contributed by atoms with van der Waals surface area (Å²) in [4.78, 5) is 26.1. The Kier molecular flexibility index (Phi) is 4.10. The Hall–Kier alpha value is -2.69. The molecule has 1 saturated heterocycles. The number of rotatable bonds is 3. The molecule has 1 aliphatic heterocycles. The van der Waals surface area contributed by atoms with E-state index in [-0.39, 0.29) is 23.9 Å². The monoisotopic (exact) mass is 312 g/mol. The summed E-state index contributed by atoms with van der Waals surface area (Å²) in [5.41, 5.74) is 1.78. The molecule has 0 bridgehead atoms. The molecule has 1 unspecified atom stereocenters. The molecule has 1 atom stereocenters. The van der Waals surface area contributed by atoms with Crippen LogP contribution >= 0.6 is 0 Å². The summed E-state index contributed by atoms with van der Waals surface area (Å²) >= 11 is 0. The molecule has 2 aromatic carbocycles. The Morgan fingerprint density at radius 1 is 1.22 bits per heavy atom. The first-order valence-corrected chi connectivity index (χ1v) is 7.47. The van der Waals surface area contributed by atoms with E-state index in [1.165, 1.54) is 6.07 Å². The number of hydrogen-bond donors (Lipinski definition) is 1. The molecule has 5 heteroatoms. The van der Waals surface area contributed by atoms with Gasteiger partial charge in [-0.1, -0.05) is 24.3 Å². The number of benzene rings is 2. The van der Waals surface area contributed by atoms with Gasteiger partial charge in [0.15, 0.2) is 0 Å². The third-order valence-electron chi connectivity index (χ3n) is 3.94. The molecule has 3 rings (SSSR count). The summed E-state index contributed by atoms with van der Waals surface area (Å²) < 4.78 is 13.7. The third kappa shape index (κ3) is 3.23. The normalized spacial score (nSPS) is 17.4. The van der Waals surface area contributed by atoms with Crippen LogP contribution in [0.5, 0.6) is 0 Å². The predicted molar refractivity (Wildman–Crippen MR) is 86.7 cm³/mol. The standard InChI is InChI=1S/C18H17FN2O2/c1-12-7-8-15(19)16(9-12)20-18(23)13-10-17(22)21(11-13)14-5-3-2-4-6-14/h2-9,13H,10-11H2,1H3,(H,20,23). The van der Waals surface area contributed by atoms with Crippen LogP contribution in [0.25, 0.3) is 0 Å². The highest BCUT2D eigenvalue weighted by molar-refractivity contribution is 6.03. The van der Waals surface area contributed by atoms with E-state index < -0.39 is 11.7 Å². The first kappa shape index (κ1) is 15.2. The summed E-state index contributed by atoms with van der Waals surface area (Å²) in [6, 6.07) is 13.8. The van der Waals surface area contributed by atoms with Crippen molar-refractivity contribution in [1.82, 2.24) is 0 Å². The highest BCUT2D eigenvalue weighted by atomic mass is 19.1. The van der Waals surface area contributed by atoms with Gasteiger partial charge in [-0.2, -0.15) is 0 Å². The number of para-hydroxylation sites is 1. The lowest BCUT2D eigenvalue weighted by Crippen LogP contribution is -2.28. The van der Waals surface area contributed by atoms with Crippen molar-refractivity contribution in [2.45, 2.75) is 13.3 Å². The van der Waals surface area contributed by atoms with Crippen molar-refractivity contribution in [3.8, 4) is 0 Å². The van der Waals surface area contributed by atoms with Gasteiger partial charge in [0.1, 0.15) is 5.82 Å². The minimum atomic E-state index is -0.484. The number of carbonyl (C=O) groups excluding carboxylic acids is 2. The van der Waals surface area contributed by atoms with Crippen LogP contribution in [0.1, 0.15) is 12.0 Å². The summed E-state index contributed by atoms with van der Waals surface area (Å²) in [6.07, 6.45) is 0.133. The molecular weight excluding hydrogens is 295 g/mol. The molecule has 118 valence electrons. The quantitative estimate of drug-likeness (QED) is 0.946. The van der Waals surface area contributed by atoms with Gasteiger partial charge in [-0.3, -0.25) is 9.59 Å². The first-order valence-electron chi connectivity index (χ1n) is 7.47. The lowest BCUT2D eigenvalue weighted by molar-refractivity contribution is -0.122. The number of carbonyl (C=O) groups is 2. The number of amides is 2. The number of halogens is 1. The average molecular weight is 312 g/mol. The van der Waals surface area contributed by atoms with Gasteiger partial charge >= 0.3 is 0 Å². The molecule has 0 spiro atoms. The second kappa shape index (κ2) is 6.20. The number of aryl methyl sites for hydroxylation is 1. The van der Waals surface area contributed by atoms with E-state index in [0.29, 0.717) is 6.54 Å². The van der Waals surface area contributed by atoms with Crippen LogP contribution in [0.3, 0.4) is 0 Å². The van der Waals surface area contributed by atoms with Crippen LogP contribution in [-0.4, -0.2) is 18.4 Å². The highest BCUT2D eigenvalue weighted by Crippen LogP contribution is 2.26. The van der Waals surface area contributed by atoms with Crippen molar-refractivity contribution >= 4 is 23.2 Å². The predicted octanol–water partition coefficient (Wildman–Crippen LogP) is 3.13. The fourth-order valence-corrected chi connectivity index (χ4v) is 2.71. The van der Waals surface area contributed by atoms with Gasteiger partial charge in [0, 0.05) is 18.7 Å². The van der Waals surface area contributed by atoms with E-state index in [1.807, 2.05) is 37.3 Å². The lowest BCUT2D eigenvalue weighted by Gasteiger charge is -2.16. The van der Waals surface area contributed by atoms with E-state index >= 15 is 0 Å². The molecular formula is C18H17FN2O2. The number of hydrogen-bond acceptors (Lipinski definition) is 2. The van der Waals surface area contributed by atoms with Crippen LogP contribution in [0, 0.1) is 18.7 Å². The van der Waals surface area contributed by atoms with Crippen molar-refractivity contribution in [2.75, 3.05) is 16.8 Å². The smallest absolute Gasteiger partial charge is 0.229 e. The van der Waals surface area contributed by atoms with E-state index in [2.05, 4.69) is 5.32 Å². The maximum atomic E-state index is 13.7. The summed E-state index contributed by atoms with van der Waals surface area (Å²) in [6.45, 7) is 2.13. The summed E-state index contributed by atoms with van der Waals surface area (Å²) in [5, 5.41) is 2.59. The molecule has 2 amide bonds. The molecule has 4 nitrogen and oxygen atoms in total. The van der Waals surface area contributed by atoms with Crippen molar-refractivity contribution in [3.05, 3.63) is 59.9 Å². The summed E-state index contributed by atoms with van der Waals surface area (Å²) in [7, 11) is 0. The van der Waals surface area contributed by atoms with Crippen molar-refractivity contribution in [3.63, 3.8) is 0 Å². The third-order valence-corrected chi connectivity index (χ3v) is 3.94. The molecule has 1 N–H and O–H groups in total. The molecule has 23 heavy (non-hydrogen) atoms. The molecule has 1 heterocycles. The second-order valence-corrected chi connectivity index (χ2v) is 5.71. The molecule has 0 aliphatic carbocycles. The van der Waals surface area contributed by atoms with Gasteiger partial charge in [-0.05, 0) is 36.8 Å². The van der Waals surface area contributed by atoms with Crippen LogP contribution in [0.2, 0.25) is 0 Å². The van der Waals surface area contributed by atoms with Crippen LogP contribution in [-0.2, 0) is 9.59 Å². The first-order chi connectivity index (χ1) is 11.0. The Morgan fingerprint density at radius 2 is 1.96 bits per heavy atom. The lowest BCUT2D eigenvalue weighted by atomic mass is 10.1. The van der Waals surface area contributed by atoms with E-state index in [1.54, 1.807) is 17.0 Å². The zero-order valence-electron chi connectivity index (χ0n) is 12.8. The van der Waals surface area contributed by atoms with Gasteiger partial charge < -0.3 is 10.2 Å². The Labute approximate surface area is 133 Å². The fourth-order valence-electron chi connectivity index (χ4n) is 2.71.